The van der Waals surface area contributed by atoms with E-state index in [1.807, 2.05) is 37.3 Å². The molecule has 2 heteroatoms. The molecule has 0 aliphatic heterocycles. The van der Waals surface area contributed by atoms with Gasteiger partial charge in [0.05, 0.1) is 6.26 Å². The van der Waals surface area contributed by atoms with Crippen LogP contribution in [-0.4, -0.2) is 5.11 Å². The summed E-state index contributed by atoms with van der Waals surface area (Å²) < 4.78 is 5.26. The average Bonchev–Trinajstić information content (AvgIpc) is 2.73. The zero-order valence-electron chi connectivity index (χ0n) is 9.23. The number of phenolic OH excluding ortho intramolecular Hbond substituents is 1. The molecule has 0 spiro atoms. The third-order valence-corrected chi connectivity index (χ3v) is 2.52. The molecule has 1 N–H and O–H groups in total. The topological polar surface area (TPSA) is 33.4 Å². The molecule has 82 valence electrons. The van der Waals surface area contributed by atoms with Crippen LogP contribution in [0.15, 0.2) is 47.6 Å². The predicted molar refractivity (Wildman–Crippen MR) is 64.3 cm³/mol. The number of furan rings is 1. The van der Waals surface area contributed by atoms with Crippen LogP contribution in [0.3, 0.4) is 0 Å². The van der Waals surface area contributed by atoms with E-state index in [2.05, 4.69) is 6.58 Å². The minimum absolute atomic E-state index is 0.298. The van der Waals surface area contributed by atoms with Gasteiger partial charge in [-0.2, -0.15) is 0 Å². The van der Waals surface area contributed by atoms with E-state index in [0.29, 0.717) is 12.2 Å². The fourth-order valence-electron chi connectivity index (χ4n) is 1.68. The maximum Gasteiger partial charge on any atom is 0.126 e. The van der Waals surface area contributed by atoms with Gasteiger partial charge in [0.15, 0.2) is 0 Å². The van der Waals surface area contributed by atoms with Gasteiger partial charge < -0.3 is 9.52 Å². The van der Waals surface area contributed by atoms with Crippen LogP contribution < -0.4 is 0 Å². The highest BCUT2D eigenvalue weighted by Crippen LogP contribution is 2.29. The first-order valence-corrected chi connectivity index (χ1v) is 5.17. The fraction of sp³-hybridized carbons (Fsp3) is 0.143. The van der Waals surface area contributed by atoms with Crippen molar-refractivity contribution in [1.29, 1.82) is 0 Å². The van der Waals surface area contributed by atoms with Crippen LogP contribution in [0.1, 0.15) is 23.8 Å². The van der Waals surface area contributed by atoms with Crippen LogP contribution in [0.5, 0.6) is 5.75 Å². The van der Waals surface area contributed by atoms with E-state index in [4.69, 9.17) is 4.42 Å². The molecular formula is C14H14O2. The molecule has 0 saturated heterocycles. The quantitative estimate of drug-likeness (QED) is 0.846. The van der Waals surface area contributed by atoms with E-state index in [9.17, 15) is 5.11 Å². The number of para-hydroxylation sites is 1. The number of phenols is 1. The highest BCUT2D eigenvalue weighted by Gasteiger charge is 2.08. The standard InChI is InChI=1S/C14H14O2/c1-10(2)13-7-3-5-11(14(13)15)9-12-6-4-8-16-12/h3-8,15H,1,9H2,2H3. The summed E-state index contributed by atoms with van der Waals surface area (Å²) in [5, 5.41) is 10.1. The predicted octanol–water partition coefficient (Wildman–Crippen LogP) is 3.61. The van der Waals surface area contributed by atoms with E-state index in [1.165, 1.54) is 0 Å². The second-order valence-electron chi connectivity index (χ2n) is 3.85. The minimum Gasteiger partial charge on any atom is -0.507 e. The first-order chi connectivity index (χ1) is 7.68. The molecule has 1 aromatic carbocycles. The largest absolute Gasteiger partial charge is 0.507 e. The van der Waals surface area contributed by atoms with Gasteiger partial charge in [-0.25, -0.2) is 0 Å². The third-order valence-electron chi connectivity index (χ3n) is 2.52. The van der Waals surface area contributed by atoms with Gasteiger partial charge in [0.2, 0.25) is 0 Å². The number of hydrogen-bond donors (Lipinski definition) is 1. The van der Waals surface area contributed by atoms with Crippen LogP contribution in [0.25, 0.3) is 5.57 Å². The molecule has 1 heterocycles. The number of benzene rings is 1. The van der Waals surface area contributed by atoms with Gasteiger partial charge in [0.1, 0.15) is 11.5 Å². The lowest BCUT2D eigenvalue weighted by Gasteiger charge is -2.08. The van der Waals surface area contributed by atoms with Crippen molar-refractivity contribution in [1.82, 2.24) is 0 Å². The monoisotopic (exact) mass is 214 g/mol. The maximum absolute atomic E-state index is 10.1. The lowest BCUT2D eigenvalue weighted by atomic mass is 10.0. The molecule has 16 heavy (non-hydrogen) atoms. The Kier molecular flexibility index (Phi) is 2.82. The Hall–Kier alpha value is -1.96. The molecule has 2 rings (SSSR count). The van der Waals surface area contributed by atoms with E-state index in [-0.39, 0.29) is 0 Å². The molecular weight excluding hydrogens is 200 g/mol. The highest BCUT2D eigenvalue weighted by molar-refractivity contribution is 5.68. The summed E-state index contributed by atoms with van der Waals surface area (Å²) in [6, 6.07) is 9.41. The molecule has 2 nitrogen and oxygen atoms in total. The Morgan fingerprint density at radius 2 is 2.12 bits per heavy atom. The second kappa shape index (κ2) is 4.27. The van der Waals surface area contributed by atoms with Gasteiger partial charge in [-0.3, -0.25) is 0 Å². The van der Waals surface area contributed by atoms with Gasteiger partial charge in [-0.1, -0.05) is 24.8 Å². The molecule has 1 aromatic heterocycles. The van der Waals surface area contributed by atoms with Crippen LogP contribution >= 0.6 is 0 Å². The molecule has 2 aromatic rings. The van der Waals surface area contributed by atoms with Gasteiger partial charge in [0, 0.05) is 17.5 Å². The Bertz CT molecular complexity index is 495. The molecule has 0 saturated carbocycles. The average molecular weight is 214 g/mol. The van der Waals surface area contributed by atoms with Crippen molar-refractivity contribution in [3.63, 3.8) is 0 Å². The molecule has 0 amide bonds. The van der Waals surface area contributed by atoms with E-state index in [1.54, 1.807) is 6.26 Å². The maximum atomic E-state index is 10.1. The normalized spacial score (nSPS) is 10.3. The third kappa shape index (κ3) is 2.01. The van der Waals surface area contributed by atoms with Crippen molar-refractivity contribution in [3.8, 4) is 5.75 Å². The summed E-state index contributed by atoms with van der Waals surface area (Å²) in [6.45, 7) is 5.72. The first kappa shape index (κ1) is 10.6. The van der Waals surface area contributed by atoms with Crippen LogP contribution in [0.2, 0.25) is 0 Å². The van der Waals surface area contributed by atoms with Crippen LogP contribution in [0, 0.1) is 0 Å². The smallest absolute Gasteiger partial charge is 0.126 e. The molecule has 0 aliphatic rings. The Labute approximate surface area is 94.8 Å². The van der Waals surface area contributed by atoms with Crippen molar-refractivity contribution in [3.05, 3.63) is 60.1 Å². The van der Waals surface area contributed by atoms with Gasteiger partial charge >= 0.3 is 0 Å². The SMILES string of the molecule is C=C(C)c1cccc(Cc2ccco2)c1O. The van der Waals surface area contributed by atoms with Crippen LogP contribution in [0.4, 0.5) is 0 Å². The number of hydrogen-bond acceptors (Lipinski definition) is 2. The summed E-state index contributed by atoms with van der Waals surface area (Å²) >= 11 is 0. The highest BCUT2D eigenvalue weighted by atomic mass is 16.3. The summed E-state index contributed by atoms with van der Waals surface area (Å²) in [5.41, 5.74) is 2.51. The van der Waals surface area contributed by atoms with Gasteiger partial charge in [0.25, 0.3) is 0 Å². The zero-order chi connectivity index (χ0) is 11.5. The lowest BCUT2D eigenvalue weighted by Crippen LogP contribution is -1.90. The van der Waals surface area contributed by atoms with E-state index >= 15 is 0 Å². The molecule has 0 fully saturated rings. The Morgan fingerprint density at radius 1 is 1.31 bits per heavy atom. The fourth-order valence-corrected chi connectivity index (χ4v) is 1.68. The lowest BCUT2D eigenvalue weighted by molar-refractivity contribution is 0.462. The summed E-state index contributed by atoms with van der Waals surface area (Å²) in [6.07, 6.45) is 2.23. The summed E-state index contributed by atoms with van der Waals surface area (Å²) in [7, 11) is 0. The van der Waals surface area contributed by atoms with Crippen LogP contribution in [-0.2, 0) is 6.42 Å². The number of rotatable bonds is 3. The summed E-state index contributed by atoms with van der Waals surface area (Å²) in [5.74, 6) is 1.14. The number of aromatic hydroxyl groups is 1. The molecule has 0 radical (unpaired) electrons. The van der Waals surface area contributed by atoms with E-state index in [0.717, 1.165) is 22.5 Å². The van der Waals surface area contributed by atoms with Crippen molar-refractivity contribution in [2.75, 3.05) is 0 Å². The molecule has 0 unspecified atom stereocenters. The van der Waals surface area contributed by atoms with Gasteiger partial charge in [-0.15, -0.1) is 0 Å². The Morgan fingerprint density at radius 3 is 2.75 bits per heavy atom. The molecule has 0 aliphatic carbocycles. The Balaban J connectivity index is 2.35. The van der Waals surface area contributed by atoms with Crippen molar-refractivity contribution >= 4 is 5.57 Å². The summed E-state index contributed by atoms with van der Waals surface area (Å²) in [4.78, 5) is 0. The minimum atomic E-state index is 0.298. The first-order valence-electron chi connectivity index (χ1n) is 5.17. The van der Waals surface area contributed by atoms with Crippen molar-refractivity contribution < 1.29 is 9.52 Å². The van der Waals surface area contributed by atoms with Crippen molar-refractivity contribution in [2.45, 2.75) is 13.3 Å². The second-order valence-corrected chi connectivity index (χ2v) is 3.85. The molecule has 0 bridgehead atoms. The molecule has 0 atom stereocenters. The van der Waals surface area contributed by atoms with E-state index < -0.39 is 0 Å². The number of allylic oxidation sites excluding steroid dienone is 1. The zero-order valence-corrected chi connectivity index (χ0v) is 9.23. The van der Waals surface area contributed by atoms with Crippen molar-refractivity contribution in [2.24, 2.45) is 0 Å². The van der Waals surface area contributed by atoms with Gasteiger partial charge in [-0.05, 0) is 24.6 Å².